The van der Waals surface area contributed by atoms with Crippen LogP contribution < -0.4 is 15.0 Å². The van der Waals surface area contributed by atoms with Crippen molar-refractivity contribution in [1.82, 2.24) is 20.2 Å². The molecule has 1 fully saturated rings. The van der Waals surface area contributed by atoms with Gasteiger partial charge in [-0.15, -0.1) is 0 Å². The van der Waals surface area contributed by atoms with Crippen molar-refractivity contribution in [1.29, 1.82) is 0 Å². The third-order valence-corrected chi connectivity index (χ3v) is 6.08. The van der Waals surface area contributed by atoms with Gasteiger partial charge in [-0.1, -0.05) is 30.3 Å². The maximum absolute atomic E-state index is 12.6. The molecule has 1 aromatic heterocycles. The summed E-state index contributed by atoms with van der Waals surface area (Å²) in [7, 11) is 0. The first-order chi connectivity index (χ1) is 15.8. The average molecular weight is 430 g/mol. The minimum atomic E-state index is -0.0254. The van der Waals surface area contributed by atoms with E-state index in [-0.39, 0.29) is 6.03 Å². The van der Waals surface area contributed by atoms with Crippen molar-refractivity contribution in [2.75, 3.05) is 37.7 Å². The molecule has 32 heavy (non-hydrogen) atoms. The molecule has 2 aromatic carbocycles. The minimum absolute atomic E-state index is 0.0254. The van der Waals surface area contributed by atoms with Crippen LogP contribution in [0.25, 0.3) is 11.1 Å². The van der Waals surface area contributed by atoms with Crippen LogP contribution in [0.3, 0.4) is 0 Å². The summed E-state index contributed by atoms with van der Waals surface area (Å²) in [5.41, 5.74) is 4.74. The fourth-order valence-electron chi connectivity index (χ4n) is 4.24. The van der Waals surface area contributed by atoms with Gasteiger partial charge in [-0.3, -0.25) is 4.98 Å². The molecule has 0 atom stereocenters. The molecular formula is C25H27N5O2. The molecule has 2 amide bonds. The highest BCUT2D eigenvalue weighted by atomic mass is 16.5. The van der Waals surface area contributed by atoms with E-state index in [9.17, 15) is 4.79 Å². The standard InChI is InChI=1S/C25H27N5O2/c31-25(30-13-11-29(12-14-30)24-18-26-9-10-27-24)28-17-19-3-5-20(6-4-19)21-7-8-23-22(16-21)2-1-15-32-23/h3-10,16,18H,1-2,11-15,17H2,(H,28,31). The van der Waals surface area contributed by atoms with Crippen LogP contribution in [0.5, 0.6) is 5.75 Å². The summed E-state index contributed by atoms with van der Waals surface area (Å²) < 4.78 is 5.71. The Bertz CT molecular complexity index is 1060. The first-order valence-electron chi connectivity index (χ1n) is 11.1. The second-order valence-electron chi connectivity index (χ2n) is 8.17. The summed E-state index contributed by atoms with van der Waals surface area (Å²) in [5.74, 6) is 1.87. The van der Waals surface area contributed by atoms with Crippen LogP contribution in [0.4, 0.5) is 10.6 Å². The van der Waals surface area contributed by atoms with E-state index < -0.39 is 0 Å². The molecule has 1 saturated heterocycles. The zero-order valence-electron chi connectivity index (χ0n) is 18.0. The van der Waals surface area contributed by atoms with Gasteiger partial charge in [-0.2, -0.15) is 0 Å². The molecule has 7 heteroatoms. The normalized spacial score (nSPS) is 15.6. The van der Waals surface area contributed by atoms with Crippen LogP contribution in [0, 0.1) is 0 Å². The first-order valence-corrected chi connectivity index (χ1v) is 11.1. The molecule has 2 aliphatic heterocycles. The molecule has 0 aliphatic carbocycles. The van der Waals surface area contributed by atoms with Gasteiger partial charge in [0.05, 0.1) is 12.8 Å². The number of urea groups is 1. The number of amides is 2. The van der Waals surface area contributed by atoms with Gasteiger partial charge in [0.2, 0.25) is 0 Å². The number of ether oxygens (including phenoxy) is 1. The monoisotopic (exact) mass is 429 g/mol. The van der Waals surface area contributed by atoms with Gasteiger partial charge in [0.25, 0.3) is 0 Å². The quantitative estimate of drug-likeness (QED) is 0.687. The van der Waals surface area contributed by atoms with Gasteiger partial charge in [-0.25, -0.2) is 9.78 Å². The Kier molecular flexibility index (Phi) is 5.87. The third-order valence-electron chi connectivity index (χ3n) is 6.08. The number of piperazine rings is 1. The van der Waals surface area contributed by atoms with Gasteiger partial charge in [0.15, 0.2) is 0 Å². The Labute approximate surface area is 188 Å². The molecule has 2 aliphatic rings. The predicted octanol–water partition coefficient (Wildman–Crippen LogP) is 3.50. The summed E-state index contributed by atoms with van der Waals surface area (Å²) in [4.78, 5) is 25.1. The molecule has 3 aromatic rings. The highest BCUT2D eigenvalue weighted by Crippen LogP contribution is 2.30. The van der Waals surface area contributed by atoms with Crippen LogP contribution in [-0.4, -0.2) is 53.7 Å². The summed E-state index contributed by atoms with van der Waals surface area (Å²) in [6.07, 6.45) is 7.27. The highest BCUT2D eigenvalue weighted by Gasteiger charge is 2.21. The number of carbonyl (C=O) groups is 1. The number of anilines is 1. The molecule has 0 spiro atoms. The summed E-state index contributed by atoms with van der Waals surface area (Å²) >= 11 is 0. The number of rotatable bonds is 4. The molecule has 0 bridgehead atoms. The number of carbonyl (C=O) groups excluding carboxylic acids is 1. The lowest BCUT2D eigenvalue weighted by Gasteiger charge is -2.35. The number of hydrogen-bond acceptors (Lipinski definition) is 5. The smallest absolute Gasteiger partial charge is 0.317 e. The molecule has 3 heterocycles. The van der Waals surface area contributed by atoms with Gasteiger partial charge in [0, 0.05) is 45.1 Å². The molecule has 0 saturated carbocycles. The predicted molar refractivity (Wildman–Crippen MR) is 124 cm³/mol. The van der Waals surface area contributed by atoms with Crippen molar-refractivity contribution in [3.05, 3.63) is 72.2 Å². The Morgan fingerprint density at radius 3 is 2.59 bits per heavy atom. The Hall–Kier alpha value is -3.61. The van der Waals surface area contributed by atoms with Crippen LogP contribution in [-0.2, 0) is 13.0 Å². The lowest BCUT2D eigenvalue weighted by molar-refractivity contribution is 0.194. The second kappa shape index (κ2) is 9.26. The van der Waals surface area contributed by atoms with Crippen molar-refractivity contribution in [2.24, 2.45) is 0 Å². The molecule has 7 nitrogen and oxygen atoms in total. The largest absolute Gasteiger partial charge is 0.493 e. The number of fused-ring (bicyclic) bond motifs is 1. The molecule has 0 radical (unpaired) electrons. The number of nitrogens with one attached hydrogen (secondary N) is 1. The van der Waals surface area contributed by atoms with Crippen LogP contribution in [0.1, 0.15) is 17.5 Å². The van der Waals surface area contributed by atoms with Gasteiger partial charge in [-0.05, 0) is 47.2 Å². The minimum Gasteiger partial charge on any atom is -0.493 e. The van der Waals surface area contributed by atoms with E-state index in [2.05, 4.69) is 62.6 Å². The van der Waals surface area contributed by atoms with E-state index in [4.69, 9.17) is 4.74 Å². The lowest BCUT2D eigenvalue weighted by Crippen LogP contribution is -2.51. The van der Waals surface area contributed by atoms with E-state index in [0.717, 1.165) is 49.7 Å². The topological polar surface area (TPSA) is 70.6 Å². The number of hydrogen-bond donors (Lipinski definition) is 1. The van der Waals surface area contributed by atoms with Crippen LogP contribution in [0.2, 0.25) is 0 Å². The van der Waals surface area contributed by atoms with Crippen molar-refractivity contribution < 1.29 is 9.53 Å². The summed E-state index contributed by atoms with van der Waals surface area (Å²) in [6.45, 7) is 4.18. The lowest BCUT2D eigenvalue weighted by atomic mass is 9.98. The molecule has 5 rings (SSSR count). The maximum atomic E-state index is 12.6. The zero-order chi connectivity index (χ0) is 21.8. The molecular weight excluding hydrogens is 402 g/mol. The third kappa shape index (κ3) is 4.51. The fourth-order valence-corrected chi connectivity index (χ4v) is 4.24. The second-order valence-corrected chi connectivity index (χ2v) is 8.17. The Balaban J connectivity index is 1.13. The van der Waals surface area contributed by atoms with E-state index in [0.29, 0.717) is 19.6 Å². The number of benzene rings is 2. The van der Waals surface area contributed by atoms with Crippen molar-refractivity contribution in [3.63, 3.8) is 0 Å². The van der Waals surface area contributed by atoms with Gasteiger partial charge in [0.1, 0.15) is 11.6 Å². The van der Waals surface area contributed by atoms with E-state index in [1.807, 2.05) is 4.90 Å². The van der Waals surface area contributed by atoms with E-state index in [1.165, 1.54) is 16.7 Å². The van der Waals surface area contributed by atoms with Crippen molar-refractivity contribution >= 4 is 11.8 Å². The molecule has 164 valence electrons. The first kappa shape index (κ1) is 20.3. The Morgan fingerprint density at radius 1 is 1.00 bits per heavy atom. The summed E-state index contributed by atoms with van der Waals surface area (Å²) in [5, 5.41) is 3.05. The molecule has 1 N–H and O–H groups in total. The van der Waals surface area contributed by atoms with Crippen LogP contribution in [0.15, 0.2) is 61.1 Å². The van der Waals surface area contributed by atoms with Crippen molar-refractivity contribution in [3.8, 4) is 16.9 Å². The Morgan fingerprint density at radius 2 is 1.81 bits per heavy atom. The number of nitrogens with zero attached hydrogens (tertiary/aromatic N) is 4. The zero-order valence-corrected chi connectivity index (χ0v) is 18.0. The summed E-state index contributed by atoms with van der Waals surface area (Å²) in [6, 6.07) is 14.8. The van der Waals surface area contributed by atoms with Crippen LogP contribution >= 0.6 is 0 Å². The average Bonchev–Trinajstić information content (AvgIpc) is 2.88. The fraction of sp³-hybridized carbons (Fsp3) is 0.320. The SMILES string of the molecule is O=C(NCc1ccc(-c2ccc3c(c2)CCCO3)cc1)N1CCN(c2cnccn2)CC1. The number of aromatic nitrogens is 2. The molecule has 0 unspecified atom stereocenters. The van der Waals surface area contributed by atoms with E-state index in [1.54, 1.807) is 18.6 Å². The van der Waals surface area contributed by atoms with Crippen molar-refractivity contribution in [2.45, 2.75) is 19.4 Å². The van der Waals surface area contributed by atoms with Gasteiger partial charge < -0.3 is 19.9 Å². The maximum Gasteiger partial charge on any atom is 0.317 e. The highest BCUT2D eigenvalue weighted by molar-refractivity contribution is 5.74. The van der Waals surface area contributed by atoms with Gasteiger partial charge >= 0.3 is 6.03 Å². The number of aryl methyl sites for hydroxylation is 1. The van der Waals surface area contributed by atoms with E-state index >= 15 is 0 Å².